The fraction of sp³-hybridized carbons (Fsp3) is 0.385. The summed E-state index contributed by atoms with van der Waals surface area (Å²) < 4.78 is 6.75. The van der Waals surface area contributed by atoms with Crippen LogP contribution in [0, 0.1) is 5.92 Å². The summed E-state index contributed by atoms with van der Waals surface area (Å²) in [5.74, 6) is 0.337. The number of aromatic nitrogens is 1. The van der Waals surface area contributed by atoms with Crippen LogP contribution < -0.4 is 5.63 Å². The average molecular weight is 233 g/mol. The lowest BCUT2D eigenvalue weighted by Crippen LogP contribution is -2.03. The van der Waals surface area contributed by atoms with Gasteiger partial charge in [0.15, 0.2) is 5.78 Å². The fourth-order valence-electron chi connectivity index (χ4n) is 1.80. The Morgan fingerprint density at radius 3 is 2.71 bits per heavy atom. The predicted molar refractivity (Wildman–Crippen MR) is 65.3 cm³/mol. The van der Waals surface area contributed by atoms with Crippen LogP contribution in [0.25, 0.3) is 10.9 Å². The number of carbonyl (C=O) groups excluding carboxylic acids is 1. The van der Waals surface area contributed by atoms with Crippen LogP contribution in [0.4, 0.5) is 0 Å². The molecule has 0 saturated heterocycles. The van der Waals surface area contributed by atoms with Crippen LogP contribution in [-0.4, -0.2) is 10.5 Å². The van der Waals surface area contributed by atoms with Crippen molar-refractivity contribution in [3.05, 3.63) is 34.2 Å². The molecule has 0 aliphatic heterocycles. The Morgan fingerprint density at radius 2 is 2.12 bits per heavy atom. The average Bonchev–Trinajstić information content (AvgIpc) is 2.54. The standard InChI is InChI=1S/C13H15NO3/c1-8(2)7-14-12-5-4-10(9(3)15)6-11(12)13(16)17-14/h4-6,8H,7H2,1-3H3. The van der Waals surface area contributed by atoms with Gasteiger partial charge in [-0.1, -0.05) is 13.8 Å². The van der Waals surface area contributed by atoms with Crippen LogP contribution in [0.3, 0.4) is 0 Å². The van der Waals surface area contributed by atoms with Gasteiger partial charge in [-0.3, -0.25) is 4.79 Å². The molecule has 1 aromatic carbocycles. The summed E-state index contributed by atoms with van der Waals surface area (Å²) in [7, 11) is 0. The van der Waals surface area contributed by atoms with E-state index in [1.165, 1.54) is 6.92 Å². The Balaban J connectivity index is 2.61. The SMILES string of the molecule is CC(=O)c1ccc2c(c1)c(=O)on2CC(C)C. The number of fused-ring (bicyclic) bond motifs is 1. The number of hydrogen-bond donors (Lipinski definition) is 0. The van der Waals surface area contributed by atoms with Crippen LogP contribution in [0.5, 0.6) is 0 Å². The van der Waals surface area contributed by atoms with E-state index in [2.05, 4.69) is 13.8 Å². The lowest BCUT2D eigenvalue weighted by Gasteiger charge is -2.05. The molecule has 2 aromatic rings. The first-order valence-corrected chi connectivity index (χ1v) is 5.64. The Hall–Kier alpha value is -1.84. The van der Waals surface area contributed by atoms with E-state index < -0.39 is 0 Å². The number of hydrogen-bond acceptors (Lipinski definition) is 3. The molecule has 17 heavy (non-hydrogen) atoms. The highest BCUT2D eigenvalue weighted by atomic mass is 16.5. The predicted octanol–water partition coefficient (Wildman–Crippen LogP) is 2.45. The number of rotatable bonds is 3. The first-order valence-electron chi connectivity index (χ1n) is 5.64. The molecule has 0 aliphatic rings. The first kappa shape index (κ1) is 11.6. The molecule has 0 aliphatic carbocycles. The van der Waals surface area contributed by atoms with Crippen molar-refractivity contribution in [2.45, 2.75) is 27.3 Å². The monoisotopic (exact) mass is 233 g/mol. The van der Waals surface area contributed by atoms with Crippen LogP contribution in [-0.2, 0) is 6.54 Å². The maximum absolute atomic E-state index is 11.7. The van der Waals surface area contributed by atoms with Crippen molar-refractivity contribution in [1.29, 1.82) is 0 Å². The summed E-state index contributed by atoms with van der Waals surface area (Å²) >= 11 is 0. The normalized spacial score (nSPS) is 11.3. The van der Waals surface area contributed by atoms with Crippen molar-refractivity contribution < 1.29 is 9.32 Å². The van der Waals surface area contributed by atoms with Gasteiger partial charge in [0.25, 0.3) is 0 Å². The van der Waals surface area contributed by atoms with E-state index in [9.17, 15) is 9.59 Å². The molecule has 1 heterocycles. The molecule has 0 spiro atoms. The zero-order valence-electron chi connectivity index (χ0n) is 10.2. The first-order chi connectivity index (χ1) is 7.99. The second-order valence-electron chi connectivity index (χ2n) is 4.62. The quantitative estimate of drug-likeness (QED) is 0.765. The van der Waals surface area contributed by atoms with Crippen LogP contribution >= 0.6 is 0 Å². The molecule has 1 aromatic heterocycles. The molecule has 90 valence electrons. The number of nitrogens with zero attached hydrogens (tertiary/aromatic N) is 1. The zero-order valence-corrected chi connectivity index (χ0v) is 10.2. The molecular weight excluding hydrogens is 218 g/mol. The Bertz CT molecular complexity index is 619. The highest BCUT2D eigenvalue weighted by Crippen LogP contribution is 2.15. The molecule has 0 N–H and O–H groups in total. The van der Waals surface area contributed by atoms with Crippen molar-refractivity contribution in [1.82, 2.24) is 4.74 Å². The summed E-state index contributed by atoms with van der Waals surface area (Å²) in [5, 5.41) is 0.471. The van der Waals surface area contributed by atoms with Crippen LogP contribution in [0.15, 0.2) is 27.5 Å². The van der Waals surface area contributed by atoms with Crippen molar-refractivity contribution in [3.63, 3.8) is 0 Å². The van der Waals surface area contributed by atoms with E-state index in [-0.39, 0.29) is 11.4 Å². The van der Waals surface area contributed by atoms with Gasteiger partial charge in [0.1, 0.15) is 0 Å². The molecule has 0 unspecified atom stereocenters. The van der Waals surface area contributed by atoms with E-state index in [0.717, 1.165) is 5.52 Å². The third-order valence-corrected chi connectivity index (χ3v) is 2.62. The fourth-order valence-corrected chi connectivity index (χ4v) is 1.80. The van der Waals surface area contributed by atoms with Crippen molar-refractivity contribution >= 4 is 16.7 Å². The highest BCUT2D eigenvalue weighted by molar-refractivity contribution is 5.97. The second kappa shape index (κ2) is 4.20. The highest BCUT2D eigenvalue weighted by Gasteiger charge is 2.11. The second-order valence-corrected chi connectivity index (χ2v) is 4.62. The van der Waals surface area contributed by atoms with Crippen molar-refractivity contribution in [3.8, 4) is 0 Å². The number of carbonyl (C=O) groups is 1. The summed E-state index contributed by atoms with van der Waals surface area (Å²) in [5.41, 5.74) is 0.893. The summed E-state index contributed by atoms with van der Waals surface area (Å²) in [6.45, 7) is 6.23. The third-order valence-electron chi connectivity index (χ3n) is 2.62. The van der Waals surface area contributed by atoms with Crippen LogP contribution in [0.2, 0.25) is 0 Å². The minimum absolute atomic E-state index is 0.0529. The summed E-state index contributed by atoms with van der Waals surface area (Å²) in [6.07, 6.45) is 0. The lowest BCUT2D eigenvalue weighted by atomic mass is 10.1. The van der Waals surface area contributed by atoms with Crippen molar-refractivity contribution in [2.75, 3.05) is 0 Å². The molecule has 0 bridgehead atoms. The van der Waals surface area contributed by atoms with Gasteiger partial charge in [-0.05, 0) is 31.0 Å². The largest absolute Gasteiger partial charge is 0.365 e. The zero-order chi connectivity index (χ0) is 12.6. The van der Waals surface area contributed by atoms with Gasteiger partial charge in [-0.2, -0.15) is 0 Å². The molecule has 4 nitrogen and oxygen atoms in total. The number of ketones is 1. The molecule has 2 rings (SSSR count). The van der Waals surface area contributed by atoms with E-state index in [1.807, 2.05) is 0 Å². The maximum Gasteiger partial charge on any atom is 0.365 e. The van der Waals surface area contributed by atoms with Gasteiger partial charge in [0.2, 0.25) is 0 Å². The maximum atomic E-state index is 11.7. The number of benzene rings is 1. The van der Waals surface area contributed by atoms with Crippen LogP contribution in [0.1, 0.15) is 31.1 Å². The van der Waals surface area contributed by atoms with E-state index in [0.29, 0.717) is 23.4 Å². The summed E-state index contributed by atoms with van der Waals surface area (Å²) in [6, 6.07) is 5.08. The molecule has 0 saturated carbocycles. The molecule has 4 heteroatoms. The van der Waals surface area contributed by atoms with Gasteiger partial charge in [0.05, 0.1) is 17.4 Å². The molecule has 0 radical (unpaired) electrons. The minimum atomic E-state index is -0.385. The molecule has 0 fully saturated rings. The molecule has 0 atom stereocenters. The minimum Gasteiger partial charge on any atom is -0.335 e. The van der Waals surface area contributed by atoms with E-state index in [4.69, 9.17) is 4.52 Å². The van der Waals surface area contributed by atoms with Gasteiger partial charge >= 0.3 is 5.63 Å². The third kappa shape index (κ3) is 2.16. The summed E-state index contributed by atoms with van der Waals surface area (Å²) in [4.78, 5) is 22.9. The van der Waals surface area contributed by atoms with Gasteiger partial charge < -0.3 is 4.52 Å². The Morgan fingerprint density at radius 1 is 1.41 bits per heavy atom. The van der Waals surface area contributed by atoms with Gasteiger partial charge in [-0.15, -0.1) is 0 Å². The lowest BCUT2D eigenvalue weighted by molar-refractivity contribution is 0.101. The van der Waals surface area contributed by atoms with E-state index in [1.54, 1.807) is 22.9 Å². The van der Waals surface area contributed by atoms with E-state index >= 15 is 0 Å². The Labute approximate surface area is 98.8 Å². The smallest absolute Gasteiger partial charge is 0.335 e. The Kier molecular flexibility index (Phi) is 2.88. The van der Waals surface area contributed by atoms with Gasteiger partial charge in [-0.25, -0.2) is 9.53 Å². The van der Waals surface area contributed by atoms with Gasteiger partial charge in [0, 0.05) is 5.56 Å². The molecule has 0 amide bonds. The molecular formula is C13H15NO3. The van der Waals surface area contributed by atoms with Crippen molar-refractivity contribution in [2.24, 2.45) is 5.92 Å². The topological polar surface area (TPSA) is 52.2 Å². The number of Topliss-reactive ketones (excluding diaryl/α,β-unsaturated/α-hetero) is 1.